The smallest absolute Gasteiger partial charge is 0.240 e. The van der Waals surface area contributed by atoms with E-state index < -0.39 is 21.7 Å². The summed E-state index contributed by atoms with van der Waals surface area (Å²) in [5.74, 6) is 0.0982. The van der Waals surface area contributed by atoms with Crippen LogP contribution in [-0.4, -0.2) is 46.0 Å². The summed E-state index contributed by atoms with van der Waals surface area (Å²) < 4.78 is 68.8. The van der Waals surface area contributed by atoms with Crippen LogP contribution >= 0.6 is 0 Å². The average Bonchev–Trinajstić information content (AvgIpc) is 2.89. The lowest BCUT2D eigenvalue weighted by molar-refractivity contribution is -0.577. The highest BCUT2D eigenvalue weighted by atomic mass is 32.2. The maximum atomic E-state index is 14.1. The van der Waals surface area contributed by atoms with Gasteiger partial charge in [-0.3, -0.25) is 0 Å². The second kappa shape index (κ2) is 11.4. The Morgan fingerprint density at radius 3 is 2.27 bits per heavy atom. The molecule has 1 fully saturated rings. The maximum absolute atomic E-state index is 14.1. The van der Waals surface area contributed by atoms with Crippen LogP contribution in [0.3, 0.4) is 0 Å². The highest BCUT2D eigenvalue weighted by Crippen LogP contribution is 2.29. The Hall–Kier alpha value is -3.30. The lowest BCUT2D eigenvalue weighted by Crippen LogP contribution is -2.40. The van der Waals surface area contributed by atoms with Crippen LogP contribution in [0.2, 0.25) is 0 Å². The third-order valence-electron chi connectivity index (χ3n) is 6.81. The van der Waals surface area contributed by atoms with Crippen molar-refractivity contribution in [2.75, 3.05) is 14.2 Å². The molecule has 1 saturated carbocycles. The maximum Gasteiger partial charge on any atom is 0.240 e. The molecular formula is C28H31F2N2O4S+. The molecule has 1 aliphatic carbocycles. The monoisotopic (exact) mass is 529 g/mol. The summed E-state index contributed by atoms with van der Waals surface area (Å²) in [5, 5.41) is 0. The molecule has 0 aliphatic heterocycles. The molecule has 9 heteroatoms. The first-order valence-corrected chi connectivity index (χ1v) is 13.5. The molecule has 0 aromatic heterocycles. The molecule has 6 nitrogen and oxygen atoms in total. The first-order chi connectivity index (χ1) is 17.7. The van der Waals surface area contributed by atoms with Crippen molar-refractivity contribution in [1.29, 1.82) is 0 Å². The molecule has 1 aliphatic rings. The lowest BCUT2D eigenvalue weighted by Gasteiger charge is -2.27. The number of nitrogens with one attached hydrogen (secondary N) is 1. The SMILES string of the molecule is C=[N+](Cc1ccc(OC)cc1OC)C1CCC(NS(=O)(=O)c2ccc(-c3ccc(F)cc3F)cc2)CC1. The molecule has 4 rings (SSSR count). The standard InChI is InChI=1S/C28H31F2N2O4S/c1-32(18-20-4-12-24(35-2)17-28(20)36-3)23-10-8-22(9-11-23)31-37(33,34)25-13-5-19(6-14-25)26-15-7-21(29)16-27(26)30/h4-7,12-17,22-23,31H,1,8-11,18H2,2-3H3/q+1. The van der Waals surface area contributed by atoms with E-state index >= 15 is 0 Å². The summed E-state index contributed by atoms with van der Waals surface area (Å²) in [5.41, 5.74) is 1.69. The van der Waals surface area contributed by atoms with Gasteiger partial charge in [-0.05, 0) is 54.8 Å². The topological polar surface area (TPSA) is 67.6 Å². The Balaban J connectivity index is 1.34. The van der Waals surface area contributed by atoms with Crippen molar-refractivity contribution in [2.45, 2.75) is 49.2 Å². The van der Waals surface area contributed by atoms with Gasteiger partial charge in [0.2, 0.25) is 10.0 Å². The molecule has 3 aromatic rings. The number of ether oxygens (including phenoxy) is 2. The van der Waals surface area contributed by atoms with E-state index in [1.807, 2.05) is 22.8 Å². The van der Waals surface area contributed by atoms with E-state index in [9.17, 15) is 17.2 Å². The fourth-order valence-electron chi connectivity index (χ4n) is 4.71. The summed E-state index contributed by atoms with van der Waals surface area (Å²) in [6.07, 6.45) is 2.99. The predicted octanol–water partition coefficient (Wildman–Crippen LogP) is 5.15. The van der Waals surface area contributed by atoms with Gasteiger partial charge in [0.25, 0.3) is 0 Å². The zero-order valence-electron chi connectivity index (χ0n) is 20.9. The highest BCUT2D eigenvalue weighted by Gasteiger charge is 2.30. The molecule has 0 bridgehead atoms. The van der Waals surface area contributed by atoms with Crippen LogP contribution in [0, 0.1) is 11.6 Å². The van der Waals surface area contributed by atoms with E-state index in [1.165, 1.54) is 36.4 Å². The fourth-order valence-corrected chi connectivity index (χ4v) is 6.02. The Morgan fingerprint density at radius 1 is 0.946 bits per heavy atom. The highest BCUT2D eigenvalue weighted by molar-refractivity contribution is 7.89. The predicted molar refractivity (Wildman–Crippen MR) is 139 cm³/mol. The molecule has 0 heterocycles. The Kier molecular flexibility index (Phi) is 8.24. The van der Waals surface area contributed by atoms with Crippen molar-refractivity contribution in [1.82, 2.24) is 4.72 Å². The van der Waals surface area contributed by atoms with Crippen molar-refractivity contribution in [2.24, 2.45) is 0 Å². The third-order valence-corrected chi connectivity index (χ3v) is 8.35. The van der Waals surface area contributed by atoms with Gasteiger partial charge in [-0.15, -0.1) is 0 Å². The van der Waals surface area contributed by atoms with Crippen molar-refractivity contribution in [3.05, 3.63) is 77.9 Å². The first kappa shape index (κ1) is 26.8. The van der Waals surface area contributed by atoms with Crippen LogP contribution in [0.15, 0.2) is 65.6 Å². The van der Waals surface area contributed by atoms with Crippen molar-refractivity contribution in [3.8, 4) is 22.6 Å². The molecule has 3 aromatic carbocycles. The fraction of sp³-hybridized carbons (Fsp3) is 0.321. The van der Waals surface area contributed by atoms with Crippen LogP contribution in [0.5, 0.6) is 11.5 Å². The molecule has 0 radical (unpaired) electrons. The van der Waals surface area contributed by atoms with Crippen LogP contribution in [0.4, 0.5) is 8.78 Å². The number of rotatable bonds is 9. The Labute approximate surface area is 216 Å². The molecule has 196 valence electrons. The molecule has 1 N–H and O–H groups in total. The largest absolute Gasteiger partial charge is 0.497 e. The van der Waals surface area contributed by atoms with E-state index in [2.05, 4.69) is 11.4 Å². The van der Waals surface area contributed by atoms with Gasteiger partial charge in [0.15, 0.2) is 12.6 Å². The van der Waals surface area contributed by atoms with Gasteiger partial charge < -0.3 is 9.47 Å². The minimum Gasteiger partial charge on any atom is -0.497 e. The minimum absolute atomic E-state index is 0.103. The van der Waals surface area contributed by atoms with Gasteiger partial charge >= 0.3 is 0 Å². The normalized spacial score (nSPS) is 17.8. The molecule has 0 amide bonds. The van der Waals surface area contributed by atoms with Crippen LogP contribution in [-0.2, 0) is 16.6 Å². The van der Waals surface area contributed by atoms with Crippen molar-refractivity contribution in [3.63, 3.8) is 0 Å². The van der Waals surface area contributed by atoms with E-state index in [1.54, 1.807) is 14.2 Å². The van der Waals surface area contributed by atoms with Crippen LogP contribution in [0.1, 0.15) is 31.2 Å². The van der Waals surface area contributed by atoms with Crippen molar-refractivity contribution >= 4 is 16.7 Å². The van der Waals surface area contributed by atoms with E-state index in [4.69, 9.17) is 9.47 Å². The van der Waals surface area contributed by atoms with E-state index in [0.717, 1.165) is 36.0 Å². The number of nitrogens with zero attached hydrogens (tertiary/aromatic N) is 1. The van der Waals surface area contributed by atoms with Crippen molar-refractivity contribution < 1.29 is 31.2 Å². The quantitative estimate of drug-likeness (QED) is 0.308. The lowest BCUT2D eigenvalue weighted by atomic mass is 9.91. The van der Waals surface area contributed by atoms with Gasteiger partial charge in [0.1, 0.15) is 29.9 Å². The molecule has 0 unspecified atom stereocenters. The molecule has 0 saturated heterocycles. The molecular weight excluding hydrogens is 498 g/mol. The second-order valence-corrected chi connectivity index (χ2v) is 10.9. The summed E-state index contributed by atoms with van der Waals surface area (Å²) in [6, 6.07) is 15.0. The molecule has 37 heavy (non-hydrogen) atoms. The van der Waals surface area contributed by atoms with Gasteiger partial charge in [0, 0.05) is 36.6 Å². The van der Waals surface area contributed by atoms with Gasteiger partial charge in [0.05, 0.1) is 24.7 Å². The Morgan fingerprint density at radius 2 is 1.65 bits per heavy atom. The second-order valence-electron chi connectivity index (χ2n) is 9.20. The molecule has 0 atom stereocenters. The zero-order valence-corrected chi connectivity index (χ0v) is 21.7. The average molecular weight is 530 g/mol. The summed E-state index contributed by atoms with van der Waals surface area (Å²) in [6.45, 7) is 4.83. The van der Waals surface area contributed by atoms with E-state index in [0.29, 0.717) is 24.9 Å². The van der Waals surface area contributed by atoms with Gasteiger partial charge in [-0.2, -0.15) is 0 Å². The minimum atomic E-state index is -3.74. The molecule has 0 spiro atoms. The number of methoxy groups -OCH3 is 2. The Bertz CT molecular complexity index is 1370. The summed E-state index contributed by atoms with van der Waals surface area (Å²) in [4.78, 5) is 0.103. The number of sulfonamides is 1. The third kappa shape index (κ3) is 6.34. The zero-order chi connectivity index (χ0) is 26.6. The summed E-state index contributed by atoms with van der Waals surface area (Å²) >= 11 is 0. The first-order valence-electron chi connectivity index (χ1n) is 12.1. The number of hydrogen-bond acceptors (Lipinski definition) is 4. The number of benzene rings is 3. The van der Waals surface area contributed by atoms with Crippen LogP contribution < -0.4 is 14.2 Å². The number of halogens is 2. The van der Waals surface area contributed by atoms with Gasteiger partial charge in [-0.1, -0.05) is 12.1 Å². The van der Waals surface area contributed by atoms with Crippen LogP contribution in [0.25, 0.3) is 11.1 Å². The summed E-state index contributed by atoms with van der Waals surface area (Å²) in [7, 11) is -0.506. The van der Waals surface area contributed by atoms with Gasteiger partial charge in [-0.25, -0.2) is 26.5 Å². The van der Waals surface area contributed by atoms with E-state index in [-0.39, 0.29) is 22.5 Å². The number of hydrogen-bond donors (Lipinski definition) is 1.